The van der Waals surface area contributed by atoms with E-state index in [1.807, 2.05) is 24.3 Å². The van der Waals surface area contributed by atoms with Gasteiger partial charge in [0.25, 0.3) is 0 Å². The molecule has 2 aromatic carbocycles. The van der Waals surface area contributed by atoms with Crippen LogP contribution in [0.15, 0.2) is 59.5 Å². The molecule has 3 rings (SSSR count). The number of likely N-dealkylation sites (N-methyl/N-ethyl adjacent to an activating group) is 1. The molecule has 0 radical (unpaired) electrons. The second kappa shape index (κ2) is 11.6. The first-order valence-electron chi connectivity index (χ1n) is 11.6. The number of carbonyl (C=O) groups is 1. The van der Waals surface area contributed by atoms with E-state index in [4.69, 9.17) is 4.74 Å². The second-order valence-electron chi connectivity index (χ2n) is 8.20. The third-order valence-corrected chi connectivity index (χ3v) is 8.23. The maximum atomic E-state index is 13.3. The minimum absolute atomic E-state index is 0.0400. The zero-order chi connectivity index (χ0) is 23.8. The number of hydrogen-bond acceptors (Lipinski definition) is 5. The molecule has 1 saturated heterocycles. The molecule has 2 atom stereocenters. The predicted octanol–water partition coefficient (Wildman–Crippen LogP) is 3.44. The first-order chi connectivity index (χ1) is 15.9. The van der Waals surface area contributed by atoms with Crippen molar-refractivity contribution in [3.05, 3.63) is 60.2 Å². The Hall–Kier alpha value is -2.42. The topological polar surface area (TPSA) is 79.0 Å². The van der Waals surface area contributed by atoms with E-state index in [9.17, 15) is 13.2 Å². The summed E-state index contributed by atoms with van der Waals surface area (Å²) in [5.74, 6) is 0.526. The number of nitrogens with zero attached hydrogens (tertiary/aromatic N) is 2. The molecule has 0 bridgehead atoms. The zero-order valence-corrected chi connectivity index (χ0v) is 20.6. The van der Waals surface area contributed by atoms with E-state index in [0.717, 1.165) is 37.2 Å². The van der Waals surface area contributed by atoms with E-state index in [0.29, 0.717) is 19.5 Å². The van der Waals surface area contributed by atoms with Crippen molar-refractivity contribution in [3.8, 4) is 5.75 Å². The van der Waals surface area contributed by atoms with Crippen molar-refractivity contribution in [1.29, 1.82) is 0 Å². The molecule has 0 aromatic heterocycles. The highest BCUT2D eigenvalue weighted by Gasteiger charge is 2.37. The minimum atomic E-state index is -3.74. The molecule has 1 amide bonds. The first-order valence-corrected chi connectivity index (χ1v) is 13.1. The Morgan fingerprint density at radius 2 is 1.85 bits per heavy atom. The molecule has 7 nitrogen and oxygen atoms in total. The van der Waals surface area contributed by atoms with Crippen LogP contribution in [0, 0.1) is 0 Å². The number of nitrogens with one attached hydrogen (secondary N) is 1. The number of benzene rings is 2. The van der Waals surface area contributed by atoms with Gasteiger partial charge in [-0.25, -0.2) is 8.42 Å². The largest absolute Gasteiger partial charge is 0.497 e. The van der Waals surface area contributed by atoms with Crippen molar-refractivity contribution >= 4 is 15.9 Å². The van der Waals surface area contributed by atoms with E-state index in [-0.39, 0.29) is 16.8 Å². The van der Waals surface area contributed by atoms with Crippen LogP contribution in [0.5, 0.6) is 5.75 Å². The quantitative estimate of drug-likeness (QED) is 0.572. The molecule has 0 saturated carbocycles. The van der Waals surface area contributed by atoms with Crippen LogP contribution in [-0.4, -0.2) is 62.9 Å². The van der Waals surface area contributed by atoms with Gasteiger partial charge >= 0.3 is 0 Å². The number of ether oxygens (including phenoxy) is 1. The van der Waals surface area contributed by atoms with Crippen LogP contribution in [0.2, 0.25) is 0 Å². The average Bonchev–Trinajstić information content (AvgIpc) is 2.87. The van der Waals surface area contributed by atoms with Crippen molar-refractivity contribution in [2.75, 3.05) is 33.3 Å². The molecule has 0 aliphatic carbocycles. The van der Waals surface area contributed by atoms with Crippen LogP contribution in [0.25, 0.3) is 0 Å². The van der Waals surface area contributed by atoms with Gasteiger partial charge in [0.1, 0.15) is 11.8 Å². The monoisotopic (exact) mass is 473 g/mol. The van der Waals surface area contributed by atoms with Gasteiger partial charge in [-0.1, -0.05) is 50.6 Å². The molecule has 0 spiro atoms. The van der Waals surface area contributed by atoms with Crippen molar-refractivity contribution in [3.63, 3.8) is 0 Å². The fourth-order valence-electron chi connectivity index (χ4n) is 4.47. The van der Waals surface area contributed by atoms with Gasteiger partial charge in [0.05, 0.1) is 18.0 Å². The van der Waals surface area contributed by atoms with Crippen LogP contribution in [-0.2, 0) is 14.8 Å². The van der Waals surface area contributed by atoms with Crippen molar-refractivity contribution < 1.29 is 17.9 Å². The summed E-state index contributed by atoms with van der Waals surface area (Å²) in [5, 5.41) is 3.06. The molecule has 33 heavy (non-hydrogen) atoms. The maximum Gasteiger partial charge on any atom is 0.243 e. The van der Waals surface area contributed by atoms with Crippen LogP contribution >= 0.6 is 0 Å². The van der Waals surface area contributed by atoms with Crippen molar-refractivity contribution in [2.45, 2.75) is 50.1 Å². The van der Waals surface area contributed by atoms with E-state index in [2.05, 4.69) is 24.1 Å². The number of piperidine rings is 1. The minimum Gasteiger partial charge on any atom is -0.497 e. The Labute approximate surface area is 197 Å². The number of methoxy groups -OCH3 is 1. The van der Waals surface area contributed by atoms with Gasteiger partial charge in [-0.05, 0) is 55.8 Å². The van der Waals surface area contributed by atoms with Crippen LogP contribution in [0.4, 0.5) is 0 Å². The Kier molecular flexibility index (Phi) is 8.88. The third-order valence-electron chi connectivity index (χ3n) is 6.31. The number of amides is 1. The molecule has 1 heterocycles. The molecule has 1 fully saturated rings. The molecular weight excluding hydrogens is 438 g/mol. The lowest BCUT2D eigenvalue weighted by molar-refractivity contribution is -0.126. The molecule has 1 aliphatic rings. The fourth-order valence-corrected chi connectivity index (χ4v) is 6.15. The molecule has 180 valence electrons. The summed E-state index contributed by atoms with van der Waals surface area (Å²) in [6, 6.07) is 15.5. The summed E-state index contributed by atoms with van der Waals surface area (Å²) in [4.78, 5) is 15.8. The van der Waals surface area contributed by atoms with Crippen molar-refractivity contribution in [2.24, 2.45) is 0 Å². The van der Waals surface area contributed by atoms with Gasteiger partial charge in [0.2, 0.25) is 15.9 Å². The van der Waals surface area contributed by atoms with E-state index < -0.39 is 16.1 Å². The third kappa shape index (κ3) is 5.93. The highest BCUT2D eigenvalue weighted by atomic mass is 32.2. The van der Waals surface area contributed by atoms with Gasteiger partial charge in [-0.3, -0.25) is 9.69 Å². The number of carbonyl (C=O) groups excluding carboxylic acids is 1. The first kappa shape index (κ1) is 25.2. The SMILES string of the molecule is CCN(CC)C(CNC(=O)C1CCCCN1S(=O)(=O)c1ccccc1)c1cccc(OC)c1. The van der Waals surface area contributed by atoms with Gasteiger partial charge in [-0.2, -0.15) is 4.31 Å². The Bertz CT molecular complexity index is 1010. The second-order valence-corrected chi connectivity index (χ2v) is 10.1. The Balaban J connectivity index is 1.79. The summed E-state index contributed by atoms with van der Waals surface area (Å²) in [6.45, 7) is 6.58. The highest BCUT2D eigenvalue weighted by molar-refractivity contribution is 7.89. The smallest absolute Gasteiger partial charge is 0.243 e. The normalized spacial score (nSPS) is 18.1. The number of rotatable bonds is 10. The molecule has 1 aliphatic heterocycles. The Morgan fingerprint density at radius 3 is 2.52 bits per heavy atom. The van der Waals surface area contributed by atoms with E-state index in [1.54, 1.807) is 37.4 Å². The summed E-state index contributed by atoms with van der Waals surface area (Å²) in [5.41, 5.74) is 1.05. The van der Waals surface area contributed by atoms with Crippen LogP contribution < -0.4 is 10.1 Å². The van der Waals surface area contributed by atoms with Gasteiger partial charge in [0.15, 0.2) is 0 Å². The lowest BCUT2D eigenvalue weighted by atomic mass is 10.0. The fraction of sp³-hybridized carbons (Fsp3) is 0.480. The number of sulfonamides is 1. The highest BCUT2D eigenvalue weighted by Crippen LogP contribution is 2.27. The zero-order valence-electron chi connectivity index (χ0n) is 19.7. The van der Waals surface area contributed by atoms with Gasteiger partial charge in [-0.15, -0.1) is 0 Å². The van der Waals surface area contributed by atoms with Gasteiger partial charge in [0, 0.05) is 13.1 Å². The van der Waals surface area contributed by atoms with E-state index >= 15 is 0 Å². The molecular formula is C25H35N3O4S. The molecule has 1 N–H and O–H groups in total. The van der Waals surface area contributed by atoms with Crippen LogP contribution in [0.1, 0.15) is 44.7 Å². The summed E-state index contributed by atoms with van der Waals surface area (Å²) in [6.07, 6.45) is 2.10. The predicted molar refractivity (Wildman–Crippen MR) is 130 cm³/mol. The lowest BCUT2D eigenvalue weighted by Gasteiger charge is -2.35. The Morgan fingerprint density at radius 1 is 1.12 bits per heavy atom. The average molecular weight is 474 g/mol. The van der Waals surface area contributed by atoms with Gasteiger partial charge < -0.3 is 10.1 Å². The standard InChI is InChI=1S/C25H35N3O4S/c1-4-27(5-2)24(20-12-11-13-21(18-20)32-3)19-26-25(29)23-16-9-10-17-28(23)33(30,31)22-14-7-6-8-15-22/h6-8,11-15,18,23-24H,4-5,9-10,16-17,19H2,1-3H3,(H,26,29). The number of hydrogen-bond donors (Lipinski definition) is 1. The summed E-state index contributed by atoms with van der Waals surface area (Å²) < 4.78 is 33.3. The van der Waals surface area contributed by atoms with Crippen molar-refractivity contribution in [1.82, 2.24) is 14.5 Å². The lowest BCUT2D eigenvalue weighted by Crippen LogP contribution is -2.52. The molecule has 8 heteroatoms. The molecule has 2 unspecified atom stereocenters. The summed E-state index contributed by atoms with van der Waals surface area (Å²) >= 11 is 0. The molecule has 2 aromatic rings. The van der Waals surface area contributed by atoms with E-state index in [1.165, 1.54) is 4.31 Å². The van der Waals surface area contributed by atoms with Crippen LogP contribution in [0.3, 0.4) is 0 Å². The summed E-state index contributed by atoms with van der Waals surface area (Å²) in [7, 11) is -2.10. The maximum absolute atomic E-state index is 13.3.